The van der Waals surface area contributed by atoms with Crippen molar-refractivity contribution in [3.63, 3.8) is 0 Å². The van der Waals surface area contributed by atoms with E-state index in [0.717, 1.165) is 5.56 Å². The lowest BCUT2D eigenvalue weighted by molar-refractivity contribution is -0.0417. The largest absolute Gasteiger partial charge is 0.390 e. The van der Waals surface area contributed by atoms with E-state index < -0.39 is 16.1 Å². The first kappa shape index (κ1) is 14.5. The van der Waals surface area contributed by atoms with Gasteiger partial charge in [0.1, 0.15) is 0 Å². The Bertz CT molecular complexity index is 512. The molecule has 0 spiro atoms. The van der Waals surface area contributed by atoms with Gasteiger partial charge in [0.2, 0.25) is 10.0 Å². The molecular weight excluding hydrogens is 266 g/mol. The molecule has 0 bridgehead atoms. The SMILES string of the molecule is Cc1ccc(S(=O)(=O)NCC2CCOCC2O)cc1. The highest BCUT2D eigenvalue weighted by molar-refractivity contribution is 7.89. The third-order valence-corrected chi connectivity index (χ3v) is 4.77. The number of nitrogens with one attached hydrogen (secondary N) is 1. The van der Waals surface area contributed by atoms with Crippen LogP contribution in [0.15, 0.2) is 29.2 Å². The molecular formula is C13H19NO4S. The van der Waals surface area contributed by atoms with Crippen LogP contribution in [0, 0.1) is 12.8 Å². The van der Waals surface area contributed by atoms with Gasteiger partial charge in [-0.1, -0.05) is 17.7 Å². The summed E-state index contributed by atoms with van der Waals surface area (Å²) in [4.78, 5) is 0.250. The van der Waals surface area contributed by atoms with Crippen molar-refractivity contribution in [2.24, 2.45) is 5.92 Å². The summed E-state index contributed by atoms with van der Waals surface area (Å²) in [5, 5.41) is 9.71. The van der Waals surface area contributed by atoms with E-state index in [0.29, 0.717) is 13.0 Å². The number of aryl methyl sites for hydroxylation is 1. The van der Waals surface area contributed by atoms with Crippen molar-refractivity contribution in [1.82, 2.24) is 4.72 Å². The Balaban J connectivity index is 1.99. The van der Waals surface area contributed by atoms with Crippen molar-refractivity contribution in [3.05, 3.63) is 29.8 Å². The van der Waals surface area contributed by atoms with Crippen LogP contribution in [0.4, 0.5) is 0 Å². The molecule has 0 radical (unpaired) electrons. The number of rotatable bonds is 4. The standard InChI is InChI=1S/C13H19NO4S/c1-10-2-4-12(5-3-10)19(16,17)14-8-11-6-7-18-9-13(11)15/h2-5,11,13-15H,6-9H2,1H3. The zero-order chi connectivity index (χ0) is 13.9. The molecule has 0 saturated carbocycles. The molecule has 106 valence electrons. The fraction of sp³-hybridized carbons (Fsp3) is 0.538. The maximum Gasteiger partial charge on any atom is 0.240 e. The third-order valence-electron chi connectivity index (χ3n) is 3.33. The van der Waals surface area contributed by atoms with Crippen molar-refractivity contribution in [3.8, 4) is 0 Å². The van der Waals surface area contributed by atoms with E-state index >= 15 is 0 Å². The highest BCUT2D eigenvalue weighted by Gasteiger charge is 2.25. The van der Waals surface area contributed by atoms with Crippen LogP contribution in [-0.2, 0) is 14.8 Å². The van der Waals surface area contributed by atoms with E-state index in [2.05, 4.69) is 4.72 Å². The Hall–Kier alpha value is -0.950. The smallest absolute Gasteiger partial charge is 0.240 e. The lowest BCUT2D eigenvalue weighted by Crippen LogP contribution is -2.40. The van der Waals surface area contributed by atoms with Crippen molar-refractivity contribution < 1.29 is 18.3 Å². The topological polar surface area (TPSA) is 75.6 Å². The Morgan fingerprint density at radius 1 is 1.37 bits per heavy atom. The molecule has 1 aliphatic heterocycles. The molecule has 0 amide bonds. The Morgan fingerprint density at radius 2 is 2.05 bits per heavy atom. The van der Waals surface area contributed by atoms with Gasteiger partial charge in [-0.15, -0.1) is 0 Å². The summed E-state index contributed by atoms with van der Waals surface area (Å²) in [6, 6.07) is 6.69. The average molecular weight is 285 g/mol. The fourth-order valence-electron chi connectivity index (χ4n) is 2.02. The molecule has 2 unspecified atom stereocenters. The van der Waals surface area contributed by atoms with E-state index in [4.69, 9.17) is 4.74 Å². The van der Waals surface area contributed by atoms with Gasteiger partial charge in [0.25, 0.3) is 0 Å². The summed E-state index contributed by atoms with van der Waals surface area (Å²) in [7, 11) is -3.50. The summed E-state index contributed by atoms with van der Waals surface area (Å²) in [6.45, 7) is 2.98. The molecule has 1 fully saturated rings. The van der Waals surface area contributed by atoms with Crippen LogP contribution in [0.25, 0.3) is 0 Å². The van der Waals surface area contributed by atoms with Gasteiger partial charge in [-0.25, -0.2) is 13.1 Å². The van der Waals surface area contributed by atoms with Gasteiger partial charge in [0.15, 0.2) is 0 Å². The van der Waals surface area contributed by atoms with E-state index in [1.165, 1.54) is 0 Å². The number of aliphatic hydroxyl groups is 1. The van der Waals surface area contributed by atoms with Crippen LogP contribution < -0.4 is 4.72 Å². The summed E-state index contributed by atoms with van der Waals surface area (Å²) in [5.74, 6) is -0.0889. The summed E-state index contributed by atoms with van der Waals surface area (Å²) >= 11 is 0. The molecule has 2 N–H and O–H groups in total. The molecule has 1 aliphatic rings. The van der Waals surface area contributed by atoms with E-state index in [-0.39, 0.29) is 24.0 Å². The van der Waals surface area contributed by atoms with Gasteiger partial charge in [-0.2, -0.15) is 0 Å². The lowest BCUT2D eigenvalue weighted by Gasteiger charge is -2.27. The fourth-order valence-corrected chi connectivity index (χ4v) is 3.12. The normalized spacial score (nSPS) is 24.3. The molecule has 1 heterocycles. The first-order valence-corrected chi connectivity index (χ1v) is 7.79. The highest BCUT2D eigenvalue weighted by Crippen LogP contribution is 2.16. The monoisotopic (exact) mass is 285 g/mol. The molecule has 2 atom stereocenters. The second-order valence-electron chi connectivity index (χ2n) is 4.86. The van der Waals surface area contributed by atoms with E-state index in [1.807, 2.05) is 6.92 Å². The molecule has 6 heteroatoms. The van der Waals surface area contributed by atoms with Crippen LogP contribution in [0.5, 0.6) is 0 Å². The molecule has 1 aromatic rings. The van der Waals surface area contributed by atoms with E-state index in [9.17, 15) is 13.5 Å². The van der Waals surface area contributed by atoms with Crippen molar-refractivity contribution in [2.75, 3.05) is 19.8 Å². The van der Waals surface area contributed by atoms with Gasteiger partial charge < -0.3 is 9.84 Å². The molecule has 2 rings (SSSR count). The van der Waals surface area contributed by atoms with Gasteiger partial charge in [-0.3, -0.25) is 0 Å². The first-order valence-electron chi connectivity index (χ1n) is 6.31. The van der Waals surface area contributed by atoms with Gasteiger partial charge in [0.05, 0.1) is 17.6 Å². The van der Waals surface area contributed by atoms with E-state index in [1.54, 1.807) is 24.3 Å². The number of benzene rings is 1. The van der Waals surface area contributed by atoms with Crippen LogP contribution in [0.2, 0.25) is 0 Å². The van der Waals surface area contributed by atoms with Crippen molar-refractivity contribution in [1.29, 1.82) is 0 Å². The number of hydrogen-bond donors (Lipinski definition) is 2. The summed E-state index contributed by atoms with van der Waals surface area (Å²) in [5.41, 5.74) is 1.01. The van der Waals surface area contributed by atoms with Gasteiger partial charge >= 0.3 is 0 Å². The number of aliphatic hydroxyl groups excluding tert-OH is 1. The maximum atomic E-state index is 12.1. The third kappa shape index (κ3) is 3.76. The summed E-state index contributed by atoms with van der Waals surface area (Å²) < 4.78 is 31.8. The lowest BCUT2D eigenvalue weighted by atomic mass is 9.98. The second-order valence-corrected chi connectivity index (χ2v) is 6.62. The number of ether oxygens (including phenoxy) is 1. The van der Waals surface area contributed by atoms with Crippen molar-refractivity contribution >= 4 is 10.0 Å². The average Bonchev–Trinajstić information content (AvgIpc) is 2.38. The second kappa shape index (κ2) is 6.00. The zero-order valence-corrected chi connectivity index (χ0v) is 11.7. The number of sulfonamides is 1. The van der Waals surface area contributed by atoms with Crippen LogP contribution >= 0.6 is 0 Å². The molecule has 5 nitrogen and oxygen atoms in total. The van der Waals surface area contributed by atoms with Gasteiger partial charge in [0, 0.05) is 19.1 Å². The van der Waals surface area contributed by atoms with Crippen LogP contribution in [-0.4, -0.2) is 39.4 Å². The first-order chi connectivity index (χ1) is 8.99. The minimum atomic E-state index is -3.50. The van der Waals surface area contributed by atoms with Crippen LogP contribution in [0.1, 0.15) is 12.0 Å². The highest BCUT2D eigenvalue weighted by atomic mass is 32.2. The molecule has 1 aromatic carbocycles. The predicted octanol–water partition coefficient (Wildman–Crippen LogP) is 0.671. The molecule has 0 aromatic heterocycles. The molecule has 0 aliphatic carbocycles. The minimum Gasteiger partial charge on any atom is -0.390 e. The zero-order valence-electron chi connectivity index (χ0n) is 10.9. The predicted molar refractivity (Wildman–Crippen MR) is 71.3 cm³/mol. The molecule has 1 saturated heterocycles. The minimum absolute atomic E-state index is 0.0889. The van der Waals surface area contributed by atoms with Crippen molar-refractivity contribution in [2.45, 2.75) is 24.3 Å². The van der Waals surface area contributed by atoms with Gasteiger partial charge in [-0.05, 0) is 25.5 Å². The Labute approximate surface area is 113 Å². The maximum absolute atomic E-state index is 12.1. The Morgan fingerprint density at radius 3 is 2.68 bits per heavy atom. The van der Waals surface area contributed by atoms with Crippen LogP contribution in [0.3, 0.4) is 0 Å². The molecule has 19 heavy (non-hydrogen) atoms. The quantitative estimate of drug-likeness (QED) is 0.852. The number of hydrogen-bond acceptors (Lipinski definition) is 4. The Kier molecular flexibility index (Phi) is 4.57. The summed E-state index contributed by atoms with van der Waals surface area (Å²) in [6.07, 6.45) is 0.0619.